The van der Waals surface area contributed by atoms with Crippen LogP contribution < -0.4 is 21.3 Å². The summed E-state index contributed by atoms with van der Waals surface area (Å²) in [7, 11) is 0. The Labute approximate surface area is 301 Å². The van der Waals surface area contributed by atoms with Crippen LogP contribution in [0.5, 0.6) is 5.75 Å². The molecule has 0 spiro atoms. The van der Waals surface area contributed by atoms with Gasteiger partial charge in [-0.1, -0.05) is 63.2 Å². The number of benzene rings is 2. The van der Waals surface area contributed by atoms with E-state index in [2.05, 4.69) is 31.2 Å². The number of H-pyrrole nitrogens is 1. The summed E-state index contributed by atoms with van der Waals surface area (Å²) in [6.07, 6.45) is 4.97. The van der Waals surface area contributed by atoms with E-state index in [1.165, 1.54) is 31.6 Å². The zero-order valence-electron chi connectivity index (χ0n) is 29.7. The number of aromatic amines is 1. The van der Waals surface area contributed by atoms with Crippen molar-refractivity contribution in [2.45, 2.75) is 90.4 Å². The molecule has 0 bridgehead atoms. The van der Waals surface area contributed by atoms with Crippen molar-refractivity contribution in [3.8, 4) is 5.75 Å². The van der Waals surface area contributed by atoms with Crippen molar-refractivity contribution in [2.24, 2.45) is 5.41 Å². The lowest BCUT2D eigenvalue weighted by atomic mass is 9.83. The normalized spacial score (nSPS) is 14.5. The summed E-state index contributed by atoms with van der Waals surface area (Å²) in [5.41, 5.74) is 3.31. The largest absolute Gasteiger partial charge is 0.508 e. The summed E-state index contributed by atoms with van der Waals surface area (Å²) in [6.45, 7) is 6.51. The highest BCUT2D eigenvalue weighted by atomic mass is 16.4. The lowest BCUT2D eigenvalue weighted by Gasteiger charge is -2.29. The van der Waals surface area contributed by atoms with Crippen molar-refractivity contribution in [3.05, 3.63) is 89.5 Å². The zero-order valence-corrected chi connectivity index (χ0v) is 29.7. The average Bonchev–Trinajstić information content (AvgIpc) is 3.75. The zero-order chi connectivity index (χ0) is 38.0. The van der Waals surface area contributed by atoms with Gasteiger partial charge in [0, 0.05) is 49.9 Å². The van der Waals surface area contributed by atoms with Gasteiger partial charge in [0.05, 0.1) is 12.4 Å². The first-order valence-electron chi connectivity index (χ1n) is 17.1. The first kappa shape index (κ1) is 39.0. The number of fused-ring (bicyclic) bond motifs is 1. The molecule has 0 unspecified atom stereocenters. The Morgan fingerprint density at radius 2 is 1.42 bits per heavy atom. The Bertz CT molecular complexity index is 1800. The minimum Gasteiger partial charge on any atom is -0.508 e. The van der Waals surface area contributed by atoms with Gasteiger partial charge < -0.3 is 36.5 Å². The monoisotopic (exact) mass is 714 g/mol. The molecule has 1 aromatic heterocycles. The predicted molar refractivity (Wildman–Crippen MR) is 192 cm³/mol. The molecule has 0 aliphatic heterocycles. The number of rotatable bonds is 17. The minimum absolute atomic E-state index is 0.00459. The Balaban J connectivity index is 1.60. The molecule has 276 valence electrons. The number of imidazole rings is 1. The van der Waals surface area contributed by atoms with Gasteiger partial charge in [0.25, 0.3) is 0 Å². The van der Waals surface area contributed by atoms with Crippen molar-refractivity contribution in [1.29, 1.82) is 0 Å². The summed E-state index contributed by atoms with van der Waals surface area (Å²) < 4.78 is 0. The van der Waals surface area contributed by atoms with Gasteiger partial charge in [-0.3, -0.25) is 28.8 Å². The molecular formula is C38H46N6O8. The molecule has 1 aliphatic rings. The third kappa shape index (κ3) is 11.1. The average molecular weight is 715 g/mol. The molecule has 52 heavy (non-hydrogen) atoms. The second kappa shape index (κ2) is 17.4. The van der Waals surface area contributed by atoms with E-state index in [4.69, 9.17) is 0 Å². The van der Waals surface area contributed by atoms with Crippen molar-refractivity contribution in [3.63, 3.8) is 0 Å². The second-order valence-electron chi connectivity index (χ2n) is 13.9. The van der Waals surface area contributed by atoms with Crippen LogP contribution in [-0.4, -0.2) is 79.7 Å². The van der Waals surface area contributed by atoms with Gasteiger partial charge in [0.1, 0.15) is 23.9 Å². The standard InChI is InChI=1S/C38H46N6O8/c1-22(45)41-32(19-26-20-39-21-40-26)37(52)42-29(15-16-33(47)48)35(50)44-31(17-23-9-13-27(46)14-10-23)36(51)43-30(34(49)38(2,3)4)18-25-12-11-24-7-5-6-8-28(24)25/h5-10,12-14,20-21,29-32,46H,11,15-19H2,1-4H3,(H,39,40)(H,41,45)(H,42,52)(H,43,51)(H,44,50)(H,47,48)/t29-,30-,31-,32-/m0/s1. The molecule has 14 nitrogen and oxygen atoms in total. The number of hydrogen-bond acceptors (Lipinski definition) is 8. The molecule has 3 aromatic rings. The van der Waals surface area contributed by atoms with Crippen LogP contribution in [0.2, 0.25) is 0 Å². The van der Waals surface area contributed by atoms with Crippen molar-refractivity contribution in [2.75, 3.05) is 0 Å². The summed E-state index contributed by atoms with van der Waals surface area (Å²) in [5.74, 6) is -4.21. The number of phenols is 1. The van der Waals surface area contributed by atoms with Crippen molar-refractivity contribution < 1.29 is 39.0 Å². The Morgan fingerprint density at radius 1 is 0.808 bits per heavy atom. The molecule has 7 N–H and O–H groups in total. The van der Waals surface area contributed by atoms with E-state index >= 15 is 0 Å². The van der Waals surface area contributed by atoms with E-state index in [1.807, 2.05) is 30.3 Å². The fourth-order valence-corrected chi connectivity index (χ4v) is 6.00. The fourth-order valence-electron chi connectivity index (χ4n) is 6.00. The minimum atomic E-state index is -1.41. The number of aliphatic carboxylic acids is 1. The maximum absolute atomic E-state index is 14.1. The van der Waals surface area contributed by atoms with Gasteiger partial charge in [-0.05, 0) is 47.2 Å². The molecule has 4 amide bonds. The lowest BCUT2D eigenvalue weighted by Crippen LogP contribution is -2.58. The van der Waals surface area contributed by atoms with Crippen molar-refractivity contribution in [1.82, 2.24) is 31.2 Å². The summed E-state index contributed by atoms with van der Waals surface area (Å²) in [6, 6.07) is 9.08. The van der Waals surface area contributed by atoms with Crippen LogP contribution in [0.4, 0.5) is 0 Å². The molecular weight excluding hydrogens is 668 g/mol. The summed E-state index contributed by atoms with van der Waals surface area (Å²) in [5, 5.41) is 29.9. The number of nitrogens with zero attached hydrogens (tertiary/aromatic N) is 1. The first-order chi connectivity index (χ1) is 24.6. The highest BCUT2D eigenvalue weighted by Gasteiger charge is 2.35. The maximum Gasteiger partial charge on any atom is 0.303 e. The van der Waals surface area contributed by atoms with E-state index in [0.717, 1.165) is 16.7 Å². The summed E-state index contributed by atoms with van der Waals surface area (Å²) in [4.78, 5) is 85.5. The van der Waals surface area contributed by atoms with Gasteiger partial charge in [-0.2, -0.15) is 0 Å². The number of carboxylic acid groups (broad SMARTS) is 1. The van der Waals surface area contributed by atoms with E-state index in [0.29, 0.717) is 17.7 Å². The van der Waals surface area contributed by atoms with Crippen LogP contribution in [0.3, 0.4) is 0 Å². The second-order valence-corrected chi connectivity index (χ2v) is 13.9. The number of aromatic nitrogens is 2. The predicted octanol–water partition coefficient (Wildman–Crippen LogP) is 2.37. The first-order valence-corrected chi connectivity index (χ1v) is 17.1. The number of carboxylic acids is 1. The van der Waals surface area contributed by atoms with Gasteiger partial charge in [-0.15, -0.1) is 0 Å². The highest BCUT2D eigenvalue weighted by Crippen LogP contribution is 2.32. The van der Waals surface area contributed by atoms with Crippen LogP contribution >= 0.6 is 0 Å². The number of nitrogens with one attached hydrogen (secondary N) is 5. The number of carbonyl (C=O) groups excluding carboxylic acids is 5. The van der Waals surface area contributed by atoms with Gasteiger partial charge in [-0.25, -0.2) is 4.98 Å². The fraction of sp³-hybridized carbons (Fsp3) is 0.395. The van der Waals surface area contributed by atoms with Crippen LogP contribution in [0.25, 0.3) is 5.57 Å². The molecule has 1 aliphatic carbocycles. The van der Waals surface area contributed by atoms with Crippen LogP contribution in [0.1, 0.15) is 69.3 Å². The molecule has 14 heteroatoms. The highest BCUT2D eigenvalue weighted by molar-refractivity contribution is 5.98. The Hall–Kier alpha value is -5.79. The maximum atomic E-state index is 14.1. The number of phenolic OH excluding ortho intramolecular Hbond substituents is 1. The Morgan fingerprint density at radius 3 is 2.04 bits per heavy atom. The third-order valence-electron chi connectivity index (χ3n) is 8.69. The number of Topliss-reactive ketones (excluding diaryl/α,β-unsaturated/α-hetero) is 1. The number of carbonyl (C=O) groups is 6. The van der Waals surface area contributed by atoms with E-state index in [-0.39, 0.29) is 37.2 Å². The van der Waals surface area contributed by atoms with E-state index < -0.39 is 65.6 Å². The summed E-state index contributed by atoms with van der Waals surface area (Å²) >= 11 is 0. The molecule has 2 aromatic carbocycles. The van der Waals surface area contributed by atoms with Crippen LogP contribution in [-0.2, 0) is 48.0 Å². The Kier molecular flexibility index (Phi) is 13.1. The molecule has 4 atom stereocenters. The molecule has 0 fully saturated rings. The lowest BCUT2D eigenvalue weighted by molar-refractivity contribution is -0.138. The molecule has 4 rings (SSSR count). The number of amides is 4. The molecule has 0 radical (unpaired) electrons. The van der Waals surface area contributed by atoms with Gasteiger partial charge >= 0.3 is 5.97 Å². The van der Waals surface area contributed by atoms with Gasteiger partial charge in [0.15, 0.2) is 5.78 Å². The quantitative estimate of drug-likeness (QED) is 0.109. The number of aromatic hydroxyl groups is 1. The van der Waals surface area contributed by atoms with Gasteiger partial charge in [0.2, 0.25) is 23.6 Å². The molecule has 1 heterocycles. The van der Waals surface area contributed by atoms with E-state index in [9.17, 15) is 39.0 Å². The van der Waals surface area contributed by atoms with E-state index in [1.54, 1.807) is 32.9 Å². The van der Waals surface area contributed by atoms with Crippen LogP contribution in [0, 0.1) is 5.41 Å². The number of hydrogen-bond donors (Lipinski definition) is 7. The SMILES string of the molecule is CC(=O)N[C@@H](Cc1cnc[nH]1)C(=O)N[C@@H](CCC(=O)O)C(=O)N[C@@H](Cc1ccc(O)cc1)C(=O)N[C@@H](CC1=CCc2ccccc21)C(=O)C(C)(C)C. The number of allylic oxidation sites excluding steroid dienone is 1. The molecule has 0 saturated carbocycles. The third-order valence-corrected chi connectivity index (χ3v) is 8.69. The molecule has 0 saturated heterocycles. The smallest absolute Gasteiger partial charge is 0.303 e. The topological polar surface area (TPSA) is 220 Å². The number of ketones is 1. The van der Waals surface area contributed by atoms with Crippen molar-refractivity contribution >= 4 is 41.0 Å². The van der Waals surface area contributed by atoms with Crippen LogP contribution in [0.15, 0.2) is 67.1 Å².